The van der Waals surface area contributed by atoms with Gasteiger partial charge in [0.2, 0.25) is 5.91 Å². The Morgan fingerprint density at radius 2 is 2.05 bits per heavy atom. The van der Waals surface area contributed by atoms with Crippen molar-refractivity contribution in [3.8, 4) is 0 Å². The van der Waals surface area contributed by atoms with Gasteiger partial charge in [0.05, 0.1) is 0 Å². The lowest BCUT2D eigenvalue weighted by atomic mass is 9.88. The van der Waals surface area contributed by atoms with Crippen LogP contribution in [0.2, 0.25) is 0 Å². The van der Waals surface area contributed by atoms with Gasteiger partial charge in [-0.15, -0.1) is 0 Å². The van der Waals surface area contributed by atoms with Crippen LogP contribution in [0.3, 0.4) is 0 Å². The molecule has 4 nitrogen and oxygen atoms in total. The number of likely N-dealkylation sites (tertiary alicyclic amines) is 1. The molecule has 0 aromatic heterocycles. The van der Waals surface area contributed by atoms with Gasteiger partial charge in [-0.2, -0.15) is 0 Å². The predicted octanol–water partition coefficient (Wildman–Crippen LogP) is 1.17. The van der Waals surface area contributed by atoms with Crippen LogP contribution < -0.4 is 5.32 Å². The van der Waals surface area contributed by atoms with Crippen molar-refractivity contribution in [2.24, 2.45) is 11.8 Å². The number of hydrogen-bond donors (Lipinski definition) is 1. The van der Waals surface area contributed by atoms with Crippen LogP contribution in [0.25, 0.3) is 0 Å². The zero-order valence-electron chi connectivity index (χ0n) is 12.9. The SMILES string of the molecule is CC1CN(C)CCC1N(C)C(=O)[C@H]1CCN[C@@H](C)C1. The molecule has 2 fully saturated rings. The van der Waals surface area contributed by atoms with Crippen molar-refractivity contribution in [2.45, 2.75) is 45.2 Å². The van der Waals surface area contributed by atoms with E-state index in [1.807, 2.05) is 7.05 Å². The van der Waals surface area contributed by atoms with Gasteiger partial charge in [0.15, 0.2) is 0 Å². The first-order chi connectivity index (χ1) is 8.99. The molecule has 19 heavy (non-hydrogen) atoms. The number of nitrogens with zero attached hydrogens (tertiary/aromatic N) is 2. The van der Waals surface area contributed by atoms with Crippen LogP contribution in [-0.2, 0) is 4.79 Å². The van der Waals surface area contributed by atoms with Crippen molar-refractivity contribution < 1.29 is 4.79 Å². The maximum atomic E-state index is 12.7. The van der Waals surface area contributed by atoms with E-state index in [1.54, 1.807) is 0 Å². The summed E-state index contributed by atoms with van der Waals surface area (Å²) in [6.07, 6.45) is 3.10. The lowest BCUT2D eigenvalue weighted by Crippen LogP contribution is -2.52. The first kappa shape index (κ1) is 14.8. The average molecular weight is 267 g/mol. The van der Waals surface area contributed by atoms with Gasteiger partial charge >= 0.3 is 0 Å². The second-order valence-corrected chi connectivity index (χ2v) is 6.62. The molecule has 2 unspecified atom stereocenters. The molecule has 0 spiro atoms. The highest BCUT2D eigenvalue weighted by Gasteiger charge is 2.34. The second-order valence-electron chi connectivity index (χ2n) is 6.62. The lowest BCUT2D eigenvalue weighted by Gasteiger charge is -2.41. The van der Waals surface area contributed by atoms with Crippen molar-refractivity contribution in [1.82, 2.24) is 15.1 Å². The fraction of sp³-hybridized carbons (Fsp3) is 0.933. The fourth-order valence-electron chi connectivity index (χ4n) is 3.72. The summed E-state index contributed by atoms with van der Waals surface area (Å²) >= 11 is 0. The summed E-state index contributed by atoms with van der Waals surface area (Å²) in [6, 6.07) is 0.903. The van der Waals surface area contributed by atoms with E-state index in [-0.39, 0.29) is 5.92 Å². The third-order valence-corrected chi connectivity index (χ3v) is 4.88. The highest BCUT2D eigenvalue weighted by Crippen LogP contribution is 2.25. The second kappa shape index (κ2) is 6.23. The first-order valence-corrected chi connectivity index (χ1v) is 7.67. The van der Waals surface area contributed by atoms with Crippen LogP contribution in [0.4, 0.5) is 0 Å². The minimum atomic E-state index is 0.230. The summed E-state index contributed by atoms with van der Waals surface area (Å²) in [4.78, 5) is 17.1. The molecule has 0 saturated carbocycles. The third kappa shape index (κ3) is 3.48. The fourth-order valence-corrected chi connectivity index (χ4v) is 3.72. The monoisotopic (exact) mass is 267 g/mol. The Labute approximate surface area is 117 Å². The topological polar surface area (TPSA) is 35.6 Å². The summed E-state index contributed by atoms with van der Waals surface area (Å²) < 4.78 is 0. The number of rotatable bonds is 2. The van der Waals surface area contributed by atoms with Crippen molar-refractivity contribution in [2.75, 3.05) is 33.7 Å². The minimum absolute atomic E-state index is 0.230. The number of piperidine rings is 2. The standard InChI is InChI=1S/C15H29N3O/c1-11-10-17(3)8-6-14(11)18(4)15(19)13-5-7-16-12(2)9-13/h11-14,16H,5-10H2,1-4H3/t11?,12-,13-,14?/m0/s1. The molecule has 2 aliphatic heterocycles. The lowest BCUT2D eigenvalue weighted by molar-refractivity contribution is -0.139. The van der Waals surface area contributed by atoms with E-state index in [0.717, 1.165) is 38.9 Å². The van der Waals surface area contributed by atoms with E-state index in [1.165, 1.54) is 0 Å². The molecular weight excluding hydrogens is 238 g/mol. The Hall–Kier alpha value is -0.610. The molecule has 2 aliphatic rings. The zero-order valence-corrected chi connectivity index (χ0v) is 12.9. The molecule has 1 amide bonds. The molecule has 2 rings (SSSR count). The van der Waals surface area contributed by atoms with Crippen LogP contribution in [0, 0.1) is 11.8 Å². The van der Waals surface area contributed by atoms with Gasteiger partial charge in [-0.25, -0.2) is 0 Å². The van der Waals surface area contributed by atoms with E-state index in [4.69, 9.17) is 0 Å². The summed E-state index contributed by atoms with van der Waals surface area (Å²) in [6.45, 7) is 7.64. The predicted molar refractivity (Wildman–Crippen MR) is 78.0 cm³/mol. The number of hydrogen-bond acceptors (Lipinski definition) is 3. The van der Waals surface area contributed by atoms with E-state index >= 15 is 0 Å². The molecule has 0 radical (unpaired) electrons. The Balaban J connectivity index is 1.94. The molecule has 4 heteroatoms. The Bertz CT molecular complexity index is 321. The van der Waals surface area contributed by atoms with Gasteiger partial charge in [0, 0.05) is 31.6 Å². The summed E-state index contributed by atoms with van der Waals surface area (Å²) in [7, 11) is 4.19. The first-order valence-electron chi connectivity index (χ1n) is 7.67. The highest BCUT2D eigenvalue weighted by atomic mass is 16.2. The number of amides is 1. The van der Waals surface area contributed by atoms with Crippen LogP contribution in [0.1, 0.15) is 33.1 Å². The van der Waals surface area contributed by atoms with Gasteiger partial charge in [-0.05, 0) is 52.2 Å². The van der Waals surface area contributed by atoms with Gasteiger partial charge in [0.1, 0.15) is 0 Å². The molecule has 110 valence electrons. The van der Waals surface area contributed by atoms with E-state index in [9.17, 15) is 4.79 Å². The van der Waals surface area contributed by atoms with Gasteiger partial charge in [-0.1, -0.05) is 6.92 Å². The Morgan fingerprint density at radius 1 is 1.32 bits per heavy atom. The zero-order chi connectivity index (χ0) is 14.0. The van der Waals surface area contributed by atoms with Crippen LogP contribution in [0.15, 0.2) is 0 Å². The van der Waals surface area contributed by atoms with Gasteiger partial charge in [-0.3, -0.25) is 4.79 Å². The average Bonchev–Trinajstić information content (AvgIpc) is 2.37. The molecule has 0 aliphatic carbocycles. The van der Waals surface area contributed by atoms with E-state index in [2.05, 4.69) is 36.0 Å². The summed E-state index contributed by atoms with van der Waals surface area (Å²) in [5.41, 5.74) is 0. The third-order valence-electron chi connectivity index (χ3n) is 4.88. The molecule has 0 bridgehead atoms. The summed E-state index contributed by atoms with van der Waals surface area (Å²) in [5, 5.41) is 3.42. The van der Waals surface area contributed by atoms with Crippen molar-refractivity contribution in [1.29, 1.82) is 0 Å². The van der Waals surface area contributed by atoms with Crippen LogP contribution >= 0.6 is 0 Å². The minimum Gasteiger partial charge on any atom is -0.342 e. The smallest absolute Gasteiger partial charge is 0.225 e. The van der Waals surface area contributed by atoms with Gasteiger partial charge in [0.25, 0.3) is 0 Å². The van der Waals surface area contributed by atoms with Crippen LogP contribution in [-0.4, -0.2) is 61.5 Å². The molecule has 1 N–H and O–H groups in total. The number of carbonyl (C=O) groups is 1. The largest absolute Gasteiger partial charge is 0.342 e. The normalized spacial score (nSPS) is 37.1. The molecule has 4 atom stereocenters. The maximum Gasteiger partial charge on any atom is 0.225 e. The Kier molecular flexibility index (Phi) is 4.85. The molecule has 2 heterocycles. The Morgan fingerprint density at radius 3 is 2.68 bits per heavy atom. The number of nitrogens with one attached hydrogen (secondary N) is 1. The van der Waals surface area contributed by atoms with Crippen molar-refractivity contribution in [3.63, 3.8) is 0 Å². The molecular formula is C15H29N3O. The quantitative estimate of drug-likeness (QED) is 0.816. The van der Waals surface area contributed by atoms with E-state index in [0.29, 0.717) is 23.9 Å². The molecule has 2 saturated heterocycles. The summed E-state index contributed by atoms with van der Waals surface area (Å²) in [5.74, 6) is 1.18. The van der Waals surface area contributed by atoms with Crippen LogP contribution in [0.5, 0.6) is 0 Å². The van der Waals surface area contributed by atoms with Gasteiger partial charge < -0.3 is 15.1 Å². The maximum absolute atomic E-state index is 12.7. The van der Waals surface area contributed by atoms with Crippen molar-refractivity contribution in [3.05, 3.63) is 0 Å². The molecule has 0 aromatic rings. The van der Waals surface area contributed by atoms with Crippen molar-refractivity contribution >= 4 is 5.91 Å². The van der Waals surface area contributed by atoms with E-state index < -0.39 is 0 Å². The molecule has 0 aromatic carbocycles. The highest BCUT2D eigenvalue weighted by molar-refractivity contribution is 5.79. The number of carbonyl (C=O) groups excluding carboxylic acids is 1.